The third kappa shape index (κ3) is 6.12. The molecule has 2 atom stereocenters. The van der Waals surface area contributed by atoms with E-state index in [-0.39, 0.29) is 20.3 Å². The van der Waals surface area contributed by atoms with Crippen molar-refractivity contribution in [2.75, 3.05) is 14.1 Å². The fourth-order valence-electron chi connectivity index (χ4n) is 1.28. The van der Waals surface area contributed by atoms with Gasteiger partial charge in [-0.15, -0.1) is 0 Å². The summed E-state index contributed by atoms with van der Waals surface area (Å²) in [5.74, 6) is 0.838. The van der Waals surface area contributed by atoms with Crippen LogP contribution in [-0.4, -0.2) is 25.0 Å². The third-order valence-corrected chi connectivity index (χ3v) is 2.65. The Kier molecular flexibility index (Phi) is 10.2. The maximum absolute atomic E-state index is 2.35. The van der Waals surface area contributed by atoms with E-state index in [2.05, 4.69) is 39.8 Å². The van der Waals surface area contributed by atoms with Crippen molar-refractivity contribution in [2.45, 2.75) is 46.1 Å². The second kappa shape index (κ2) is 8.17. The molecule has 12 heavy (non-hydrogen) atoms. The van der Waals surface area contributed by atoms with Gasteiger partial charge in [0.15, 0.2) is 0 Å². The van der Waals surface area contributed by atoms with Crippen LogP contribution in [0.15, 0.2) is 0 Å². The van der Waals surface area contributed by atoms with Crippen LogP contribution in [0, 0.1) is 5.92 Å². The minimum atomic E-state index is 0. The third-order valence-electron chi connectivity index (χ3n) is 2.65. The van der Waals surface area contributed by atoms with Crippen LogP contribution < -0.4 is 18.9 Å². The van der Waals surface area contributed by atoms with Crippen molar-refractivity contribution < 1.29 is 20.3 Å². The summed E-state index contributed by atoms with van der Waals surface area (Å²) in [6.45, 7) is 6.91. The van der Waals surface area contributed by atoms with E-state index >= 15 is 0 Å². The standard InChI is InChI=1S/C10H23N.Li.H/c1-6-7-8-9(2)10(3)11(4)5;;/h9-10H,6-8H2,1-5H3;;/q;+1;-1. The summed E-state index contributed by atoms with van der Waals surface area (Å²) in [7, 11) is 4.32. The summed E-state index contributed by atoms with van der Waals surface area (Å²) in [6, 6.07) is 0.724. The van der Waals surface area contributed by atoms with Crippen LogP contribution in [0.1, 0.15) is 41.5 Å². The van der Waals surface area contributed by atoms with Crippen molar-refractivity contribution in [3.8, 4) is 0 Å². The molecule has 0 saturated heterocycles. The second-order valence-corrected chi connectivity index (χ2v) is 3.82. The Hall–Kier alpha value is 0.557. The molecular formula is C10H24LiN. The van der Waals surface area contributed by atoms with Crippen LogP contribution in [0.2, 0.25) is 0 Å². The van der Waals surface area contributed by atoms with E-state index in [0.29, 0.717) is 0 Å². The molecule has 0 fully saturated rings. The molecule has 0 aliphatic rings. The Morgan fingerprint density at radius 3 is 2.08 bits per heavy atom. The molecule has 0 aliphatic carbocycles. The zero-order valence-electron chi connectivity index (χ0n) is 10.7. The number of hydrogen-bond donors (Lipinski definition) is 0. The Balaban J connectivity index is -0.000000500. The molecular weight excluding hydrogens is 141 g/mol. The minimum Gasteiger partial charge on any atom is -1.00 e. The first kappa shape index (κ1) is 15.0. The zero-order chi connectivity index (χ0) is 8.85. The van der Waals surface area contributed by atoms with Gasteiger partial charge in [0.2, 0.25) is 0 Å². The van der Waals surface area contributed by atoms with Crippen LogP contribution in [0.4, 0.5) is 0 Å². The van der Waals surface area contributed by atoms with Gasteiger partial charge >= 0.3 is 18.9 Å². The van der Waals surface area contributed by atoms with Crippen LogP contribution in [-0.2, 0) is 0 Å². The Morgan fingerprint density at radius 1 is 1.25 bits per heavy atom. The first-order valence-electron chi connectivity index (χ1n) is 4.76. The van der Waals surface area contributed by atoms with E-state index < -0.39 is 0 Å². The molecule has 0 aliphatic heterocycles. The van der Waals surface area contributed by atoms with Gasteiger partial charge in [-0.2, -0.15) is 0 Å². The van der Waals surface area contributed by atoms with Gasteiger partial charge in [0, 0.05) is 6.04 Å². The predicted octanol–water partition coefficient (Wildman–Crippen LogP) is -0.121. The smallest absolute Gasteiger partial charge is 1.00 e. The summed E-state index contributed by atoms with van der Waals surface area (Å²) in [5.41, 5.74) is 0. The first-order chi connectivity index (χ1) is 5.09. The number of unbranched alkanes of at least 4 members (excludes halogenated alkanes) is 1. The Labute approximate surface area is 91.6 Å². The van der Waals surface area contributed by atoms with Gasteiger partial charge in [-0.05, 0) is 33.4 Å². The largest absolute Gasteiger partial charge is 1.00 e. The van der Waals surface area contributed by atoms with Gasteiger partial charge in [-0.3, -0.25) is 0 Å². The molecule has 1 nitrogen and oxygen atoms in total. The number of nitrogens with zero attached hydrogens (tertiary/aromatic N) is 1. The number of rotatable bonds is 5. The quantitative estimate of drug-likeness (QED) is 0.513. The van der Waals surface area contributed by atoms with E-state index in [1.54, 1.807) is 0 Å². The molecule has 70 valence electrons. The Bertz CT molecular complexity index is 98.9. The van der Waals surface area contributed by atoms with Crippen LogP contribution in [0.3, 0.4) is 0 Å². The summed E-state index contributed by atoms with van der Waals surface area (Å²) in [4.78, 5) is 2.31. The van der Waals surface area contributed by atoms with Gasteiger partial charge < -0.3 is 6.33 Å². The molecule has 0 bridgehead atoms. The molecule has 0 heterocycles. The van der Waals surface area contributed by atoms with E-state index in [1.807, 2.05) is 0 Å². The van der Waals surface area contributed by atoms with Crippen LogP contribution >= 0.6 is 0 Å². The van der Waals surface area contributed by atoms with E-state index in [0.717, 1.165) is 12.0 Å². The molecule has 0 radical (unpaired) electrons. The Morgan fingerprint density at radius 2 is 1.75 bits per heavy atom. The summed E-state index contributed by atoms with van der Waals surface area (Å²) in [5, 5.41) is 0. The molecule has 0 amide bonds. The maximum atomic E-state index is 2.35. The van der Waals surface area contributed by atoms with Gasteiger partial charge in [0.25, 0.3) is 0 Å². The molecule has 0 saturated carbocycles. The normalized spacial score (nSPS) is 15.5. The molecule has 0 N–H and O–H groups in total. The molecule has 0 aromatic carbocycles. The first-order valence-corrected chi connectivity index (χ1v) is 4.76. The molecule has 0 aromatic heterocycles. The zero-order valence-corrected chi connectivity index (χ0v) is 9.72. The van der Waals surface area contributed by atoms with Crippen molar-refractivity contribution in [3.63, 3.8) is 0 Å². The fraction of sp³-hybridized carbons (Fsp3) is 1.00. The number of hydrogen-bond acceptors (Lipinski definition) is 1. The topological polar surface area (TPSA) is 3.24 Å². The second-order valence-electron chi connectivity index (χ2n) is 3.82. The van der Waals surface area contributed by atoms with Crippen molar-refractivity contribution in [3.05, 3.63) is 0 Å². The van der Waals surface area contributed by atoms with Crippen LogP contribution in [0.5, 0.6) is 0 Å². The van der Waals surface area contributed by atoms with Gasteiger partial charge in [0.1, 0.15) is 0 Å². The average molecular weight is 165 g/mol. The fourth-order valence-corrected chi connectivity index (χ4v) is 1.28. The van der Waals surface area contributed by atoms with E-state index in [9.17, 15) is 0 Å². The van der Waals surface area contributed by atoms with Gasteiger partial charge in [0.05, 0.1) is 0 Å². The monoisotopic (exact) mass is 165 g/mol. The van der Waals surface area contributed by atoms with Crippen LogP contribution in [0.25, 0.3) is 0 Å². The van der Waals surface area contributed by atoms with Gasteiger partial charge in [-0.1, -0.05) is 26.7 Å². The maximum Gasteiger partial charge on any atom is 1.00 e. The predicted molar refractivity (Wildman–Crippen MR) is 53.0 cm³/mol. The van der Waals surface area contributed by atoms with Crippen molar-refractivity contribution in [1.29, 1.82) is 0 Å². The molecule has 0 spiro atoms. The van der Waals surface area contributed by atoms with E-state index in [1.165, 1.54) is 19.3 Å². The summed E-state index contributed by atoms with van der Waals surface area (Å²) < 4.78 is 0. The summed E-state index contributed by atoms with van der Waals surface area (Å²) >= 11 is 0. The molecule has 0 aromatic rings. The SMILES string of the molecule is CCCCC(C)C(C)N(C)C.[H-].[Li+]. The van der Waals surface area contributed by atoms with Crippen molar-refractivity contribution in [1.82, 2.24) is 4.90 Å². The molecule has 0 rings (SSSR count). The van der Waals surface area contributed by atoms with Crippen molar-refractivity contribution >= 4 is 0 Å². The van der Waals surface area contributed by atoms with Crippen molar-refractivity contribution in [2.24, 2.45) is 5.92 Å². The molecule has 2 heteroatoms. The van der Waals surface area contributed by atoms with Gasteiger partial charge in [-0.25, -0.2) is 0 Å². The molecule has 2 unspecified atom stereocenters. The summed E-state index contributed by atoms with van der Waals surface area (Å²) in [6.07, 6.45) is 4.07. The minimum absolute atomic E-state index is 0. The van der Waals surface area contributed by atoms with E-state index in [4.69, 9.17) is 0 Å². The average Bonchev–Trinajstić information content (AvgIpc) is 1.98.